The van der Waals surface area contributed by atoms with Crippen molar-refractivity contribution in [3.63, 3.8) is 0 Å². The van der Waals surface area contributed by atoms with Gasteiger partial charge in [0.05, 0.1) is 30.3 Å². The number of benzene rings is 1. The van der Waals surface area contributed by atoms with Crippen LogP contribution < -0.4 is 0 Å². The zero-order chi connectivity index (χ0) is 22.5. The van der Waals surface area contributed by atoms with E-state index < -0.39 is 11.7 Å². The first-order chi connectivity index (χ1) is 14.8. The van der Waals surface area contributed by atoms with Gasteiger partial charge < -0.3 is 9.80 Å². The van der Waals surface area contributed by atoms with E-state index in [1.165, 1.54) is 18.2 Å². The Morgan fingerprint density at radius 1 is 1.19 bits per heavy atom. The molecule has 1 aromatic carbocycles. The molecule has 2 aromatic rings. The zero-order valence-corrected chi connectivity index (χ0v) is 18.5. The Hall–Kier alpha value is -2.92. The molecule has 1 aliphatic rings. The van der Waals surface area contributed by atoms with Crippen molar-refractivity contribution in [2.24, 2.45) is 0 Å². The monoisotopic (exact) mass is 445 g/mol. The molecule has 2 heterocycles. The molecule has 0 aliphatic carbocycles. The number of carbonyl (C=O) groups is 2. The summed E-state index contributed by atoms with van der Waals surface area (Å²) in [5.74, 6) is -0.998. The van der Waals surface area contributed by atoms with Crippen molar-refractivity contribution >= 4 is 23.4 Å². The van der Waals surface area contributed by atoms with E-state index in [-0.39, 0.29) is 11.5 Å². The predicted octanol–water partition coefficient (Wildman–Crippen LogP) is 3.12. The molecule has 9 heteroatoms. The van der Waals surface area contributed by atoms with Gasteiger partial charge in [-0.1, -0.05) is 11.6 Å². The molecule has 164 valence electrons. The van der Waals surface area contributed by atoms with Crippen molar-refractivity contribution in [3.05, 3.63) is 51.6 Å². The molecule has 1 fully saturated rings. The minimum atomic E-state index is -0.603. The lowest BCUT2D eigenvalue weighted by atomic mass is 10.1. The number of rotatable bonds is 6. The van der Waals surface area contributed by atoms with E-state index in [0.29, 0.717) is 57.0 Å². The number of aromatic nitrogens is 2. The summed E-state index contributed by atoms with van der Waals surface area (Å²) in [6.07, 6.45) is 1.32. The van der Waals surface area contributed by atoms with Gasteiger partial charge in [-0.25, -0.2) is 4.39 Å². The van der Waals surface area contributed by atoms with E-state index in [1.807, 2.05) is 18.5 Å². The summed E-state index contributed by atoms with van der Waals surface area (Å²) in [5.41, 5.74) is 2.85. The van der Waals surface area contributed by atoms with Crippen LogP contribution in [0.2, 0.25) is 5.02 Å². The lowest BCUT2D eigenvalue weighted by molar-refractivity contribution is -0.132. The van der Waals surface area contributed by atoms with E-state index in [2.05, 4.69) is 11.2 Å². The molecule has 1 aromatic heterocycles. The second-order valence-electron chi connectivity index (χ2n) is 7.58. The smallest absolute Gasteiger partial charge is 0.257 e. The maximum absolute atomic E-state index is 14.0. The van der Waals surface area contributed by atoms with Crippen molar-refractivity contribution in [2.75, 3.05) is 26.2 Å². The second-order valence-corrected chi connectivity index (χ2v) is 8.01. The molecule has 1 aliphatic heterocycles. The third kappa shape index (κ3) is 5.23. The number of aryl methyl sites for hydroxylation is 2. The molecule has 7 nitrogen and oxygen atoms in total. The number of carbonyl (C=O) groups excluding carboxylic acids is 2. The number of nitrogens with zero attached hydrogens (tertiary/aromatic N) is 5. The minimum absolute atomic E-state index is 0.0182. The number of hydrogen-bond donors (Lipinski definition) is 0. The maximum Gasteiger partial charge on any atom is 0.257 e. The summed E-state index contributed by atoms with van der Waals surface area (Å²) in [7, 11) is 0. The van der Waals surface area contributed by atoms with Crippen LogP contribution in [0.1, 0.15) is 40.2 Å². The van der Waals surface area contributed by atoms with Gasteiger partial charge in [-0.15, -0.1) is 0 Å². The van der Waals surface area contributed by atoms with Gasteiger partial charge in [0.2, 0.25) is 5.91 Å². The van der Waals surface area contributed by atoms with Crippen LogP contribution in [-0.2, 0) is 17.8 Å². The van der Waals surface area contributed by atoms with Crippen molar-refractivity contribution in [3.8, 4) is 6.07 Å². The second kappa shape index (κ2) is 9.92. The van der Waals surface area contributed by atoms with Crippen molar-refractivity contribution < 1.29 is 14.0 Å². The molecule has 31 heavy (non-hydrogen) atoms. The van der Waals surface area contributed by atoms with Gasteiger partial charge in [0.15, 0.2) is 0 Å². The maximum atomic E-state index is 14.0. The number of amides is 2. The summed E-state index contributed by atoms with van der Waals surface area (Å²) in [6, 6.07) is 6.03. The molecule has 0 bridgehead atoms. The van der Waals surface area contributed by atoms with Crippen molar-refractivity contribution in [2.45, 2.75) is 39.7 Å². The Labute approximate surface area is 186 Å². The highest BCUT2D eigenvalue weighted by Gasteiger charge is 2.26. The van der Waals surface area contributed by atoms with Crippen LogP contribution in [0.3, 0.4) is 0 Å². The van der Waals surface area contributed by atoms with E-state index in [1.54, 1.807) is 9.80 Å². The van der Waals surface area contributed by atoms with Gasteiger partial charge >= 0.3 is 0 Å². The highest BCUT2D eigenvalue weighted by atomic mass is 35.5. The van der Waals surface area contributed by atoms with Crippen LogP contribution in [0.5, 0.6) is 0 Å². The number of hydrogen-bond acceptors (Lipinski definition) is 4. The molecule has 0 N–H and O–H groups in total. The van der Waals surface area contributed by atoms with E-state index in [0.717, 1.165) is 17.0 Å². The van der Waals surface area contributed by atoms with Gasteiger partial charge in [0.1, 0.15) is 5.82 Å². The fourth-order valence-corrected chi connectivity index (χ4v) is 4.02. The van der Waals surface area contributed by atoms with Crippen molar-refractivity contribution in [1.29, 1.82) is 5.26 Å². The van der Waals surface area contributed by atoms with Crippen LogP contribution >= 0.6 is 11.6 Å². The largest absolute Gasteiger partial charge is 0.339 e. The fraction of sp³-hybridized carbons (Fsp3) is 0.455. The lowest BCUT2D eigenvalue weighted by Gasteiger charge is -2.35. The Morgan fingerprint density at radius 2 is 1.87 bits per heavy atom. The first kappa shape index (κ1) is 22.8. The summed E-state index contributed by atoms with van der Waals surface area (Å²) in [4.78, 5) is 28.6. The molecule has 0 spiro atoms. The van der Waals surface area contributed by atoms with Crippen LogP contribution in [0.4, 0.5) is 4.39 Å². The minimum Gasteiger partial charge on any atom is -0.339 e. The number of piperazine rings is 1. The van der Waals surface area contributed by atoms with E-state index in [4.69, 9.17) is 16.9 Å². The van der Waals surface area contributed by atoms with Gasteiger partial charge in [0, 0.05) is 43.3 Å². The number of nitriles is 1. The lowest BCUT2D eigenvalue weighted by Crippen LogP contribution is -2.50. The molecule has 2 amide bonds. The number of halogens is 2. The molecule has 0 atom stereocenters. The standard InChI is InChI=1S/C22H25ClFN5O2/c1-15-18(16(2)29(26-15)9-3-8-25)5-7-21(30)27-10-12-28(13-11-27)22(31)19-14-17(23)4-6-20(19)24/h4,6,14H,3,5,7,9-13H2,1-2H3. The highest BCUT2D eigenvalue weighted by molar-refractivity contribution is 6.31. The van der Waals surface area contributed by atoms with Gasteiger partial charge in [-0.05, 0) is 44.0 Å². The first-order valence-corrected chi connectivity index (χ1v) is 10.6. The molecule has 0 unspecified atom stereocenters. The Balaban J connectivity index is 1.54. The average Bonchev–Trinajstić information content (AvgIpc) is 3.04. The summed E-state index contributed by atoms with van der Waals surface area (Å²) in [6.45, 7) is 5.92. The summed E-state index contributed by atoms with van der Waals surface area (Å²) < 4.78 is 15.8. The van der Waals surface area contributed by atoms with E-state index in [9.17, 15) is 14.0 Å². The predicted molar refractivity (Wildman–Crippen MR) is 114 cm³/mol. The molecule has 0 radical (unpaired) electrons. The molecular formula is C22H25ClFN5O2. The van der Waals surface area contributed by atoms with Gasteiger partial charge in [-0.2, -0.15) is 10.4 Å². The van der Waals surface area contributed by atoms with E-state index >= 15 is 0 Å². The molecule has 1 saturated heterocycles. The first-order valence-electron chi connectivity index (χ1n) is 10.2. The fourth-order valence-electron chi connectivity index (χ4n) is 3.85. The van der Waals surface area contributed by atoms with Crippen LogP contribution in [0, 0.1) is 31.0 Å². The highest BCUT2D eigenvalue weighted by Crippen LogP contribution is 2.19. The topological polar surface area (TPSA) is 82.2 Å². The Morgan fingerprint density at radius 3 is 2.55 bits per heavy atom. The zero-order valence-electron chi connectivity index (χ0n) is 17.7. The quantitative estimate of drug-likeness (QED) is 0.684. The molecular weight excluding hydrogens is 421 g/mol. The third-order valence-electron chi connectivity index (χ3n) is 5.63. The van der Waals surface area contributed by atoms with Crippen molar-refractivity contribution in [1.82, 2.24) is 19.6 Å². The van der Waals surface area contributed by atoms with Gasteiger partial charge in [0.25, 0.3) is 5.91 Å². The van der Waals surface area contributed by atoms with Crippen LogP contribution in [0.15, 0.2) is 18.2 Å². The van der Waals surface area contributed by atoms with Crippen LogP contribution in [0.25, 0.3) is 0 Å². The Bertz CT molecular complexity index is 1020. The normalized spacial score (nSPS) is 13.9. The Kier molecular flexibility index (Phi) is 7.29. The average molecular weight is 446 g/mol. The van der Waals surface area contributed by atoms with Gasteiger partial charge in [-0.3, -0.25) is 14.3 Å². The SMILES string of the molecule is Cc1nn(CCC#N)c(C)c1CCC(=O)N1CCN(C(=O)c2cc(Cl)ccc2F)CC1. The molecule has 3 rings (SSSR count). The summed E-state index contributed by atoms with van der Waals surface area (Å²) in [5, 5.41) is 13.5. The summed E-state index contributed by atoms with van der Waals surface area (Å²) >= 11 is 5.89. The molecule has 0 saturated carbocycles. The van der Waals surface area contributed by atoms with Crippen LogP contribution in [-0.4, -0.2) is 57.6 Å². The third-order valence-corrected chi connectivity index (χ3v) is 5.87.